The molecule has 0 radical (unpaired) electrons. The summed E-state index contributed by atoms with van der Waals surface area (Å²) in [6, 6.07) is 10.5. The van der Waals surface area contributed by atoms with Gasteiger partial charge in [0, 0.05) is 47.5 Å². The van der Waals surface area contributed by atoms with Gasteiger partial charge in [-0.2, -0.15) is 0 Å². The van der Waals surface area contributed by atoms with Crippen molar-refractivity contribution in [3.63, 3.8) is 0 Å². The van der Waals surface area contributed by atoms with E-state index in [1.807, 2.05) is 19.9 Å². The fourth-order valence-electron chi connectivity index (χ4n) is 2.88. The van der Waals surface area contributed by atoms with E-state index in [0.717, 1.165) is 14.8 Å². The van der Waals surface area contributed by atoms with Crippen molar-refractivity contribution in [1.29, 1.82) is 0 Å². The zero-order valence-corrected chi connectivity index (χ0v) is 25.5. The molecule has 204 valence electrons. The van der Waals surface area contributed by atoms with Gasteiger partial charge in [0.05, 0.1) is 11.4 Å². The van der Waals surface area contributed by atoms with Crippen LogP contribution in [0.2, 0.25) is 10.3 Å². The minimum absolute atomic E-state index is 0.0110. The number of carbonyl (C=O) groups is 2. The van der Waals surface area contributed by atoms with Gasteiger partial charge in [0.15, 0.2) is 11.5 Å². The molecule has 0 fully saturated rings. The highest BCUT2D eigenvalue weighted by atomic mass is 127. The molecule has 0 aliphatic heterocycles. The van der Waals surface area contributed by atoms with Crippen molar-refractivity contribution in [1.82, 2.24) is 25.3 Å². The molecule has 4 rings (SSSR count). The number of hydrogen-bond donors (Lipinski definition) is 3. The third kappa shape index (κ3) is 10.0. The van der Waals surface area contributed by atoms with Crippen molar-refractivity contribution in [2.75, 3.05) is 18.1 Å². The van der Waals surface area contributed by atoms with E-state index < -0.39 is 0 Å². The molecule has 0 atom stereocenters. The van der Waals surface area contributed by atoms with Crippen LogP contribution in [0.15, 0.2) is 61.2 Å². The van der Waals surface area contributed by atoms with Gasteiger partial charge in [-0.25, -0.2) is 15.0 Å². The van der Waals surface area contributed by atoms with Crippen LogP contribution >= 0.6 is 45.8 Å². The molecule has 0 unspecified atom stereocenters. The minimum atomic E-state index is -0.249. The van der Waals surface area contributed by atoms with Crippen LogP contribution < -0.4 is 16.4 Å². The smallest absolute Gasteiger partial charge is 0.271 e. The predicted octanol–water partition coefficient (Wildman–Crippen LogP) is 6.45. The van der Waals surface area contributed by atoms with Crippen LogP contribution in [-0.2, 0) is 0 Å². The lowest BCUT2D eigenvalue weighted by molar-refractivity contribution is 0.0957. The lowest BCUT2D eigenvalue weighted by Crippen LogP contribution is -2.20. The SMILES string of the molecule is CCC(=O)c1ncccc1N.CNC(=O)c1ncccc1Nc1cc(Cl)ncc1C.Cc1cnc(Cl)cc1I. The molecule has 12 heteroatoms. The van der Waals surface area contributed by atoms with E-state index >= 15 is 0 Å². The number of ketones is 1. The van der Waals surface area contributed by atoms with E-state index in [9.17, 15) is 9.59 Å². The zero-order valence-electron chi connectivity index (χ0n) is 21.8. The second-order valence-electron chi connectivity index (χ2n) is 7.90. The number of Topliss-reactive ketones (excluding diaryl/α,β-unsaturated/α-hetero) is 1. The monoisotopic (exact) mass is 679 g/mol. The average Bonchev–Trinajstić information content (AvgIpc) is 2.93. The van der Waals surface area contributed by atoms with Crippen molar-refractivity contribution < 1.29 is 9.59 Å². The third-order valence-electron chi connectivity index (χ3n) is 5.02. The van der Waals surface area contributed by atoms with E-state index in [1.54, 1.807) is 69.1 Å². The van der Waals surface area contributed by atoms with Crippen molar-refractivity contribution in [3.05, 3.63) is 97.6 Å². The molecule has 9 nitrogen and oxygen atoms in total. The van der Waals surface area contributed by atoms with E-state index in [2.05, 4.69) is 53.2 Å². The highest BCUT2D eigenvalue weighted by Gasteiger charge is 2.12. The maximum absolute atomic E-state index is 11.7. The second kappa shape index (κ2) is 15.9. The molecule has 0 aliphatic carbocycles. The zero-order chi connectivity index (χ0) is 28.9. The van der Waals surface area contributed by atoms with Gasteiger partial charge in [0.2, 0.25) is 0 Å². The Labute approximate surface area is 251 Å². The topological polar surface area (TPSA) is 136 Å². The first kappa shape index (κ1) is 31.9. The molecular formula is C27H28Cl2IN7O2. The Bertz CT molecular complexity index is 1440. The first-order valence-electron chi connectivity index (χ1n) is 11.6. The van der Waals surface area contributed by atoms with Crippen molar-refractivity contribution in [2.24, 2.45) is 0 Å². The summed E-state index contributed by atoms with van der Waals surface area (Å²) in [5.74, 6) is -0.260. The highest BCUT2D eigenvalue weighted by Crippen LogP contribution is 2.24. The van der Waals surface area contributed by atoms with Crippen LogP contribution in [0.5, 0.6) is 0 Å². The minimum Gasteiger partial charge on any atom is -0.397 e. The van der Waals surface area contributed by atoms with Gasteiger partial charge < -0.3 is 16.4 Å². The summed E-state index contributed by atoms with van der Waals surface area (Å²) in [4.78, 5) is 38.7. The molecule has 0 aliphatic rings. The molecule has 0 saturated heterocycles. The Hall–Kier alpha value is -3.35. The number of nitrogens with zero attached hydrogens (tertiary/aromatic N) is 4. The summed E-state index contributed by atoms with van der Waals surface area (Å²) in [5, 5.41) is 6.65. The molecule has 4 aromatic rings. The Morgan fingerprint density at radius 2 is 1.49 bits per heavy atom. The summed E-state index contributed by atoms with van der Waals surface area (Å²) < 4.78 is 1.16. The first-order chi connectivity index (χ1) is 18.6. The fraction of sp³-hybridized carbons (Fsp3) is 0.185. The molecular weight excluding hydrogens is 652 g/mol. The number of nitrogens with two attached hydrogens (primary N) is 1. The van der Waals surface area contributed by atoms with Crippen LogP contribution in [0.1, 0.15) is 45.4 Å². The standard InChI is InChI=1S/C13H13ClN4O.C8H10N2O.C6H5ClIN/c1-8-7-17-11(14)6-10(8)18-9-4-3-5-16-12(9)13(19)15-2;1-2-7(11)8-6(9)4-3-5-10-8;1-4-3-9-6(7)2-5(4)8/h3-7H,1-2H3,(H,15,19)(H,17,18);3-5H,2,9H2,1H3;2-3H,1H3. The molecule has 4 N–H and O–H groups in total. The van der Waals surface area contributed by atoms with Crippen LogP contribution in [0.25, 0.3) is 0 Å². The van der Waals surface area contributed by atoms with Gasteiger partial charge in [-0.15, -0.1) is 0 Å². The van der Waals surface area contributed by atoms with Crippen LogP contribution in [0.4, 0.5) is 17.1 Å². The second-order valence-corrected chi connectivity index (χ2v) is 9.84. The Morgan fingerprint density at radius 1 is 0.897 bits per heavy atom. The number of pyridine rings is 4. The largest absolute Gasteiger partial charge is 0.397 e. The number of aromatic nitrogens is 4. The number of anilines is 3. The highest BCUT2D eigenvalue weighted by molar-refractivity contribution is 14.1. The number of aryl methyl sites for hydroxylation is 2. The molecule has 0 spiro atoms. The Morgan fingerprint density at radius 3 is 2.05 bits per heavy atom. The van der Waals surface area contributed by atoms with Crippen molar-refractivity contribution in [2.45, 2.75) is 27.2 Å². The maximum atomic E-state index is 11.7. The normalized spacial score (nSPS) is 9.82. The molecule has 1 amide bonds. The van der Waals surface area contributed by atoms with Gasteiger partial charge in [0.25, 0.3) is 5.91 Å². The average molecular weight is 680 g/mol. The fourth-order valence-corrected chi connectivity index (χ4v) is 3.81. The molecule has 39 heavy (non-hydrogen) atoms. The number of carbonyl (C=O) groups excluding carboxylic acids is 2. The molecule has 0 aromatic carbocycles. The predicted molar refractivity (Wildman–Crippen MR) is 165 cm³/mol. The summed E-state index contributed by atoms with van der Waals surface area (Å²) in [6.45, 7) is 5.70. The lowest BCUT2D eigenvalue weighted by atomic mass is 10.2. The number of nitrogen functional groups attached to an aromatic ring is 1. The number of rotatable bonds is 5. The molecule has 0 bridgehead atoms. The third-order valence-corrected chi connectivity index (χ3v) is 6.59. The maximum Gasteiger partial charge on any atom is 0.271 e. The number of hydrogen-bond acceptors (Lipinski definition) is 8. The summed E-state index contributed by atoms with van der Waals surface area (Å²) in [6.07, 6.45) is 7.02. The first-order valence-corrected chi connectivity index (χ1v) is 13.5. The Balaban J connectivity index is 0.000000226. The number of halogens is 3. The van der Waals surface area contributed by atoms with Crippen LogP contribution in [-0.4, -0.2) is 38.7 Å². The van der Waals surface area contributed by atoms with Gasteiger partial charge in [-0.3, -0.25) is 14.6 Å². The summed E-state index contributed by atoms with van der Waals surface area (Å²) >= 11 is 13.7. The van der Waals surface area contributed by atoms with E-state index in [1.165, 1.54) is 5.56 Å². The molecule has 4 heterocycles. The molecule has 4 aromatic heterocycles. The van der Waals surface area contributed by atoms with Gasteiger partial charge in [-0.1, -0.05) is 30.1 Å². The van der Waals surface area contributed by atoms with Gasteiger partial charge >= 0.3 is 0 Å². The number of nitrogens with one attached hydrogen (secondary N) is 2. The van der Waals surface area contributed by atoms with Gasteiger partial charge in [-0.05, 0) is 84.0 Å². The van der Waals surface area contributed by atoms with Crippen LogP contribution in [0.3, 0.4) is 0 Å². The summed E-state index contributed by atoms with van der Waals surface area (Å²) in [5.41, 5.74) is 10.2. The van der Waals surface area contributed by atoms with E-state index in [4.69, 9.17) is 28.9 Å². The van der Waals surface area contributed by atoms with E-state index in [0.29, 0.717) is 39.5 Å². The summed E-state index contributed by atoms with van der Waals surface area (Å²) in [7, 11) is 1.56. The number of amides is 1. The van der Waals surface area contributed by atoms with Crippen molar-refractivity contribution >= 4 is 74.5 Å². The van der Waals surface area contributed by atoms with Crippen molar-refractivity contribution in [3.8, 4) is 0 Å². The van der Waals surface area contributed by atoms with E-state index in [-0.39, 0.29) is 11.7 Å². The van der Waals surface area contributed by atoms with Crippen LogP contribution in [0, 0.1) is 17.4 Å². The van der Waals surface area contributed by atoms with Gasteiger partial charge in [0.1, 0.15) is 16.0 Å². The molecule has 0 saturated carbocycles. The quantitative estimate of drug-likeness (QED) is 0.125. The lowest BCUT2D eigenvalue weighted by Gasteiger charge is -2.12. The Kier molecular flexibility index (Phi) is 13.0.